The SMILES string of the molecule is CC(C(=O)O)N(C)C(=O)C1CCN(S(=O)(=O)c2ccc3c(c2)CCC3)CC1. The van der Waals surface area contributed by atoms with Crippen molar-refractivity contribution in [3.63, 3.8) is 0 Å². The number of carboxylic acids is 1. The molecule has 27 heavy (non-hydrogen) atoms. The molecule has 7 nitrogen and oxygen atoms in total. The summed E-state index contributed by atoms with van der Waals surface area (Å²) in [5, 5.41) is 9.06. The van der Waals surface area contributed by atoms with E-state index in [1.807, 2.05) is 6.07 Å². The Bertz CT molecular complexity index is 844. The molecule has 0 saturated carbocycles. The van der Waals surface area contributed by atoms with Crippen molar-refractivity contribution < 1.29 is 23.1 Å². The predicted octanol–water partition coefficient (Wildman–Crippen LogP) is 1.51. The number of carbonyl (C=O) groups excluding carboxylic acids is 1. The number of amides is 1. The van der Waals surface area contributed by atoms with Gasteiger partial charge < -0.3 is 10.0 Å². The van der Waals surface area contributed by atoms with Gasteiger partial charge >= 0.3 is 5.97 Å². The second-order valence-corrected chi connectivity index (χ2v) is 9.36. The molecule has 0 bridgehead atoms. The fourth-order valence-corrected chi connectivity index (χ4v) is 5.37. The van der Waals surface area contributed by atoms with Crippen molar-refractivity contribution in [1.82, 2.24) is 9.21 Å². The fourth-order valence-electron chi connectivity index (χ4n) is 3.85. The maximum absolute atomic E-state index is 12.9. The number of carbonyl (C=O) groups is 2. The van der Waals surface area contributed by atoms with E-state index >= 15 is 0 Å². The van der Waals surface area contributed by atoms with Crippen LogP contribution in [0.5, 0.6) is 0 Å². The van der Waals surface area contributed by atoms with Crippen molar-refractivity contribution in [3.05, 3.63) is 29.3 Å². The number of likely N-dealkylation sites (N-methyl/N-ethyl adjacent to an activating group) is 1. The minimum absolute atomic E-state index is 0.237. The number of carboxylic acid groups (broad SMARTS) is 1. The van der Waals surface area contributed by atoms with E-state index in [0.717, 1.165) is 24.8 Å². The van der Waals surface area contributed by atoms with Gasteiger partial charge in [-0.05, 0) is 62.3 Å². The number of fused-ring (bicyclic) bond motifs is 1. The van der Waals surface area contributed by atoms with Gasteiger partial charge in [0.2, 0.25) is 15.9 Å². The van der Waals surface area contributed by atoms with Crippen LogP contribution >= 0.6 is 0 Å². The largest absolute Gasteiger partial charge is 0.480 e. The Morgan fingerprint density at radius 1 is 1.19 bits per heavy atom. The summed E-state index contributed by atoms with van der Waals surface area (Å²) in [6, 6.07) is 4.48. The molecular weight excluding hydrogens is 368 g/mol. The first-order chi connectivity index (χ1) is 12.7. The first-order valence-corrected chi connectivity index (χ1v) is 10.8. The van der Waals surface area contributed by atoms with Gasteiger partial charge in [0.25, 0.3) is 0 Å². The summed E-state index contributed by atoms with van der Waals surface area (Å²) in [5.74, 6) is -1.63. The standard InChI is InChI=1S/C19H26N2O5S/c1-13(19(23)24)20(2)18(22)15-8-10-21(11-9-15)27(25,26)17-7-6-14-4-3-5-16(14)12-17/h6-7,12-13,15H,3-5,8-11H2,1-2H3,(H,23,24). The van der Waals surface area contributed by atoms with Crippen molar-refractivity contribution in [3.8, 4) is 0 Å². The van der Waals surface area contributed by atoms with E-state index < -0.39 is 22.0 Å². The minimum atomic E-state index is -3.57. The molecule has 1 aliphatic heterocycles. The van der Waals surface area contributed by atoms with Crippen LogP contribution < -0.4 is 0 Å². The number of hydrogen-bond donors (Lipinski definition) is 1. The van der Waals surface area contributed by atoms with E-state index in [0.29, 0.717) is 17.7 Å². The molecule has 1 unspecified atom stereocenters. The van der Waals surface area contributed by atoms with Gasteiger partial charge in [0, 0.05) is 26.1 Å². The van der Waals surface area contributed by atoms with Crippen molar-refractivity contribution in [2.75, 3.05) is 20.1 Å². The van der Waals surface area contributed by atoms with Gasteiger partial charge in [0.05, 0.1) is 4.90 Å². The average molecular weight is 394 g/mol. The molecule has 0 aromatic heterocycles. The highest BCUT2D eigenvalue weighted by Crippen LogP contribution is 2.29. The number of benzene rings is 1. The number of hydrogen-bond acceptors (Lipinski definition) is 4. The number of aryl methyl sites for hydroxylation is 2. The molecule has 1 atom stereocenters. The maximum Gasteiger partial charge on any atom is 0.326 e. The molecule has 0 radical (unpaired) electrons. The van der Waals surface area contributed by atoms with Gasteiger partial charge in [-0.3, -0.25) is 4.79 Å². The van der Waals surface area contributed by atoms with Crippen LogP contribution in [0.15, 0.2) is 23.1 Å². The zero-order chi connectivity index (χ0) is 19.8. The van der Waals surface area contributed by atoms with E-state index in [1.165, 1.54) is 28.7 Å². The van der Waals surface area contributed by atoms with Crippen molar-refractivity contribution in [2.45, 2.75) is 50.0 Å². The summed E-state index contributed by atoms with van der Waals surface area (Å²) >= 11 is 0. The third-order valence-electron chi connectivity index (χ3n) is 5.80. The van der Waals surface area contributed by atoms with Crippen LogP contribution in [0.3, 0.4) is 0 Å². The Labute approximate surface area is 160 Å². The smallest absolute Gasteiger partial charge is 0.326 e. The van der Waals surface area contributed by atoms with Crippen LogP contribution in [-0.4, -0.2) is 60.8 Å². The average Bonchev–Trinajstić information content (AvgIpc) is 3.14. The maximum atomic E-state index is 12.9. The highest BCUT2D eigenvalue weighted by atomic mass is 32.2. The number of piperidine rings is 1. The molecular formula is C19H26N2O5S. The zero-order valence-electron chi connectivity index (χ0n) is 15.7. The van der Waals surface area contributed by atoms with E-state index in [2.05, 4.69) is 0 Å². The molecule has 1 saturated heterocycles. The Morgan fingerprint density at radius 3 is 2.44 bits per heavy atom. The van der Waals surface area contributed by atoms with Gasteiger partial charge in [0.15, 0.2) is 0 Å². The van der Waals surface area contributed by atoms with Crippen LogP contribution in [0.4, 0.5) is 0 Å². The number of aliphatic carboxylic acids is 1. The summed E-state index contributed by atoms with van der Waals surface area (Å²) < 4.78 is 27.3. The monoisotopic (exact) mass is 394 g/mol. The Morgan fingerprint density at radius 2 is 1.81 bits per heavy atom. The van der Waals surface area contributed by atoms with E-state index in [1.54, 1.807) is 12.1 Å². The van der Waals surface area contributed by atoms with Crippen LogP contribution in [0.2, 0.25) is 0 Å². The Hall–Kier alpha value is -1.93. The third-order valence-corrected chi connectivity index (χ3v) is 7.69. The van der Waals surface area contributed by atoms with Crippen LogP contribution in [0.1, 0.15) is 37.3 Å². The second-order valence-electron chi connectivity index (χ2n) is 7.43. The van der Waals surface area contributed by atoms with E-state index in [4.69, 9.17) is 5.11 Å². The molecule has 1 aromatic carbocycles. The fraction of sp³-hybridized carbons (Fsp3) is 0.579. The summed E-state index contributed by atoms with van der Waals surface area (Å²) in [4.78, 5) is 25.1. The molecule has 148 valence electrons. The summed E-state index contributed by atoms with van der Waals surface area (Å²) in [6.45, 7) is 2.00. The van der Waals surface area contributed by atoms with Gasteiger partial charge in [-0.15, -0.1) is 0 Å². The van der Waals surface area contributed by atoms with Crippen molar-refractivity contribution in [2.24, 2.45) is 5.92 Å². The lowest BCUT2D eigenvalue weighted by Crippen LogP contribution is -2.47. The molecule has 1 amide bonds. The molecule has 1 aliphatic carbocycles. The molecule has 2 aliphatic rings. The zero-order valence-corrected chi connectivity index (χ0v) is 16.5. The summed E-state index contributed by atoms with van der Waals surface area (Å²) in [7, 11) is -2.09. The normalized spacial score (nSPS) is 19.5. The minimum Gasteiger partial charge on any atom is -0.480 e. The lowest BCUT2D eigenvalue weighted by molar-refractivity contribution is -0.150. The quantitative estimate of drug-likeness (QED) is 0.817. The predicted molar refractivity (Wildman–Crippen MR) is 99.8 cm³/mol. The molecule has 3 rings (SSSR count). The molecule has 0 spiro atoms. The third kappa shape index (κ3) is 3.87. The molecule has 1 aromatic rings. The van der Waals surface area contributed by atoms with Gasteiger partial charge in [-0.2, -0.15) is 4.31 Å². The van der Waals surface area contributed by atoms with Gasteiger partial charge in [0.1, 0.15) is 6.04 Å². The van der Waals surface area contributed by atoms with Crippen LogP contribution in [0.25, 0.3) is 0 Å². The molecule has 8 heteroatoms. The molecule has 1 N–H and O–H groups in total. The lowest BCUT2D eigenvalue weighted by Gasteiger charge is -2.33. The topological polar surface area (TPSA) is 95.0 Å². The second kappa shape index (κ2) is 7.59. The van der Waals surface area contributed by atoms with Gasteiger partial charge in [-0.1, -0.05) is 6.07 Å². The number of sulfonamides is 1. The lowest BCUT2D eigenvalue weighted by atomic mass is 9.96. The molecule has 1 heterocycles. The Kier molecular flexibility index (Phi) is 5.58. The first-order valence-electron chi connectivity index (χ1n) is 9.33. The highest BCUT2D eigenvalue weighted by Gasteiger charge is 2.35. The highest BCUT2D eigenvalue weighted by molar-refractivity contribution is 7.89. The summed E-state index contributed by atoms with van der Waals surface area (Å²) in [6.07, 6.45) is 3.79. The van der Waals surface area contributed by atoms with E-state index in [-0.39, 0.29) is 24.9 Å². The van der Waals surface area contributed by atoms with Crippen LogP contribution in [0, 0.1) is 5.92 Å². The Balaban J connectivity index is 1.66. The first kappa shape index (κ1) is 19.8. The van der Waals surface area contributed by atoms with Gasteiger partial charge in [-0.25, -0.2) is 13.2 Å². The molecule has 1 fully saturated rings. The number of nitrogens with zero attached hydrogens (tertiary/aromatic N) is 2. The van der Waals surface area contributed by atoms with Crippen molar-refractivity contribution in [1.29, 1.82) is 0 Å². The van der Waals surface area contributed by atoms with Crippen LogP contribution in [-0.2, 0) is 32.5 Å². The van der Waals surface area contributed by atoms with Crippen molar-refractivity contribution >= 4 is 21.9 Å². The summed E-state index contributed by atoms with van der Waals surface area (Å²) in [5.41, 5.74) is 2.35. The number of rotatable bonds is 5. The van der Waals surface area contributed by atoms with E-state index in [9.17, 15) is 18.0 Å².